The molecule has 0 aliphatic heterocycles. The molecule has 0 aliphatic carbocycles. The molecule has 0 rings (SSSR count). The Morgan fingerprint density at radius 3 is 1.16 bits per heavy atom. The minimum absolute atomic E-state index is 0.844. The minimum Gasteiger partial charge on any atom is -0.127 e. The molecule has 0 aromatic rings. The Morgan fingerprint density at radius 2 is 0.842 bits per heavy atom. The van der Waals surface area contributed by atoms with E-state index in [0.717, 1.165) is 5.88 Å². The predicted molar refractivity (Wildman–Crippen MR) is 89.9 cm³/mol. The molecule has 0 atom stereocenters. The van der Waals surface area contributed by atoms with Gasteiger partial charge in [0, 0.05) is 5.88 Å². The second-order valence-electron chi connectivity index (χ2n) is 5.84. The minimum atomic E-state index is 0.844. The zero-order valence-electron chi connectivity index (χ0n) is 13.3. The van der Waals surface area contributed by atoms with Gasteiger partial charge >= 0.3 is 0 Å². The van der Waals surface area contributed by atoms with Gasteiger partial charge in [0.2, 0.25) is 0 Å². The highest BCUT2D eigenvalue weighted by Crippen LogP contribution is 2.13. The fraction of sp³-hybridized carbons (Fsp3) is 0.944. The molecule has 1 radical (unpaired) electrons. The monoisotopic (exact) mass is 287 g/mol. The normalized spacial score (nSPS) is 11.1. The first-order valence-electron chi connectivity index (χ1n) is 8.75. The molecule has 0 saturated heterocycles. The van der Waals surface area contributed by atoms with Crippen molar-refractivity contribution in [1.82, 2.24) is 0 Å². The molecular formula is C18H36Cl. The summed E-state index contributed by atoms with van der Waals surface area (Å²) in [7, 11) is 0. The average molecular weight is 288 g/mol. The van der Waals surface area contributed by atoms with Crippen LogP contribution < -0.4 is 0 Å². The molecule has 0 bridgehead atoms. The first-order chi connectivity index (χ1) is 9.41. The van der Waals surface area contributed by atoms with Gasteiger partial charge < -0.3 is 0 Å². The van der Waals surface area contributed by atoms with Gasteiger partial charge in [-0.25, -0.2) is 0 Å². The molecule has 0 fully saturated rings. The summed E-state index contributed by atoms with van der Waals surface area (Å²) >= 11 is 5.66. The molecule has 0 nitrogen and oxygen atoms in total. The third-order valence-corrected chi connectivity index (χ3v) is 4.14. The van der Waals surface area contributed by atoms with E-state index in [2.05, 4.69) is 13.3 Å². The van der Waals surface area contributed by atoms with E-state index in [9.17, 15) is 0 Å². The van der Waals surface area contributed by atoms with Crippen molar-refractivity contribution in [3.63, 3.8) is 0 Å². The van der Waals surface area contributed by atoms with Crippen molar-refractivity contribution in [2.24, 2.45) is 0 Å². The lowest BCUT2D eigenvalue weighted by atomic mass is 10.0. The van der Waals surface area contributed by atoms with Crippen molar-refractivity contribution in [3.05, 3.63) is 6.42 Å². The van der Waals surface area contributed by atoms with Crippen molar-refractivity contribution in [3.8, 4) is 0 Å². The third kappa shape index (κ3) is 18.3. The van der Waals surface area contributed by atoms with E-state index in [-0.39, 0.29) is 0 Å². The number of alkyl halides is 1. The lowest BCUT2D eigenvalue weighted by molar-refractivity contribution is 0.535. The third-order valence-electron chi connectivity index (χ3n) is 3.88. The van der Waals surface area contributed by atoms with Gasteiger partial charge in [-0.2, -0.15) is 0 Å². The Balaban J connectivity index is 2.88. The van der Waals surface area contributed by atoms with Crippen LogP contribution in [0.2, 0.25) is 0 Å². The van der Waals surface area contributed by atoms with Crippen LogP contribution in [0.1, 0.15) is 103 Å². The average Bonchev–Trinajstić information content (AvgIpc) is 2.43. The van der Waals surface area contributed by atoms with Crippen LogP contribution in [-0.2, 0) is 0 Å². The number of rotatable bonds is 16. The molecule has 0 N–H and O–H groups in total. The highest BCUT2D eigenvalue weighted by atomic mass is 35.5. The van der Waals surface area contributed by atoms with E-state index < -0.39 is 0 Å². The van der Waals surface area contributed by atoms with Gasteiger partial charge in [-0.15, -0.1) is 11.6 Å². The van der Waals surface area contributed by atoms with Gasteiger partial charge in [0.05, 0.1) is 0 Å². The van der Waals surface area contributed by atoms with Gasteiger partial charge in [-0.1, -0.05) is 96.8 Å². The van der Waals surface area contributed by atoms with Crippen molar-refractivity contribution < 1.29 is 0 Å². The van der Waals surface area contributed by atoms with Crippen molar-refractivity contribution in [2.45, 2.75) is 103 Å². The van der Waals surface area contributed by atoms with Gasteiger partial charge in [-0.3, -0.25) is 0 Å². The molecule has 115 valence electrons. The molecule has 0 spiro atoms. The number of unbranched alkanes of at least 4 members (excludes halogenated alkanes) is 15. The van der Waals surface area contributed by atoms with Gasteiger partial charge in [-0.05, 0) is 12.8 Å². The summed E-state index contributed by atoms with van der Waals surface area (Å²) in [5.74, 6) is 0.844. The Kier molecular flexibility index (Phi) is 18.6. The summed E-state index contributed by atoms with van der Waals surface area (Å²) < 4.78 is 0. The van der Waals surface area contributed by atoms with E-state index in [0.29, 0.717) is 0 Å². The summed E-state index contributed by atoms with van der Waals surface area (Å²) in [5, 5.41) is 0. The second kappa shape index (κ2) is 18.3. The van der Waals surface area contributed by atoms with Crippen LogP contribution in [0, 0.1) is 6.42 Å². The topological polar surface area (TPSA) is 0 Å². The first kappa shape index (κ1) is 19.3. The number of hydrogen-bond donors (Lipinski definition) is 0. The quantitative estimate of drug-likeness (QED) is 0.206. The van der Waals surface area contributed by atoms with E-state index in [4.69, 9.17) is 11.6 Å². The first-order valence-corrected chi connectivity index (χ1v) is 9.29. The summed E-state index contributed by atoms with van der Waals surface area (Å²) in [6.45, 7) is 2.16. The highest BCUT2D eigenvalue weighted by Gasteiger charge is 1.94. The van der Waals surface area contributed by atoms with Crippen LogP contribution in [0.25, 0.3) is 0 Å². The summed E-state index contributed by atoms with van der Waals surface area (Å²) in [5.41, 5.74) is 0. The van der Waals surface area contributed by atoms with Gasteiger partial charge in [0.15, 0.2) is 0 Å². The molecule has 0 amide bonds. The number of halogens is 1. The Bertz CT molecular complexity index is 129. The molecular weight excluding hydrogens is 252 g/mol. The standard InChI is InChI=1S/C18H36Cl/c1-2-3-4-5-6-7-8-9-10-11-12-13-14-15-16-17-18-19/h2H,3-18H2,1H3. The number of hydrogen-bond acceptors (Lipinski definition) is 0. The highest BCUT2D eigenvalue weighted by molar-refractivity contribution is 6.17. The maximum Gasteiger partial charge on any atom is 0.0223 e. The molecule has 1 heteroatoms. The molecule has 0 aliphatic rings. The summed E-state index contributed by atoms with van der Waals surface area (Å²) in [4.78, 5) is 0. The van der Waals surface area contributed by atoms with Crippen molar-refractivity contribution >= 4 is 11.6 Å². The zero-order valence-corrected chi connectivity index (χ0v) is 14.0. The smallest absolute Gasteiger partial charge is 0.0223 e. The molecule has 19 heavy (non-hydrogen) atoms. The van der Waals surface area contributed by atoms with Crippen molar-refractivity contribution in [2.75, 3.05) is 5.88 Å². The van der Waals surface area contributed by atoms with E-state index in [1.807, 2.05) is 0 Å². The van der Waals surface area contributed by atoms with Crippen LogP contribution >= 0.6 is 11.6 Å². The van der Waals surface area contributed by atoms with Crippen LogP contribution in [0.3, 0.4) is 0 Å². The van der Waals surface area contributed by atoms with Crippen LogP contribution in [-0.4, -0.2) is 5.88 Å². The molecule has 0 unspecified atom stereocenters. The van der Waals surface area contributed by atoms with E-state index in [1.54, 1.807) is 0 Å². The zero-order chi connectivity index (χ0) is 14.0. The lowest BCUT2D eigenvalue weighted by Gasteiger charge is -2.03. The van der Waals surface area contributed by atoms with E-state index in [1.165, 1.54) is 96.3 Å². The lowest BCUT2D eigenvalue weighted by Crippen LogP contribution is -1.83. The fourth-order valence-corrected chi connectivity index (χ4v) is 2.75. The predicted octanol–water partition coefficient (Wildman–Crippen LogP) is 7.30. The van der Waals surface area contributed by atoms with Crippen LogP contribution in [0.15, 0.2) is 0 Å². The summed E-state index contributed by atoms with van der Waals surface area (Å²) in [6, 6.07) is 0. The maximum atomic E-state index is 5.66. The van der Waals surface area contributed by atoms with E-state index >= 15 is 0 Å². The van der Waals surface area contributed by atoms with Crippen molar-refractivity contribution in [1.29, 1.82) is 0 Å². The Hall–Kier alpha value is 0.290. The van der Waals surface area contributed by atoms with Gasteiger partial charge in [0.1, 0.15) is 0 Å². The maximum absolute atomic E-state index is 5.66. The Morgan fingerprint density at radius 1 is 0.526 bits per heavy atom. The summed E-state index contributed by atoms with van der Waals surface area (Å²) in [6.07, 6.45) is 23.4. The van der Waals surface area contributed by atoms with Crippen LogP contribution in [0.5, 0.6) is 0 Å². The van der Waals surface area contributed by atoms with Crippen LogP contribution in [0.4, 0.5) is 0 Å². The Labute approximate surface area is 127 Å². The molecule has 0 saturated carbocycles. The molecule has 0 aromatic carbocycles. The largest absolute Gasteiger partial charge is 0.127 e. The molecule has 0 heterocycles. The fourth-order valence-electron chi connectivity index (χ4n) is 2.56. The SMILES string of the molecule is C[CH]CCCCCCCCCCCCCCCCCl. The van der Waals surface area contributed by atoms with Gasteiger partial charge in [0.25, 0.3) is 0 Å². The second-order valence-corrected chi connectivity index (χ2v) is 6.21. The molecule has 0 aromatic heterocycles.